The van der Waals surface area contributed by atoms with Crippen molar-refractivity contribution in [3.63, 3.8) is 0 Å². The highest BCUT2D eigenvalue weighted by atomic mass is 16.1. The average molecular weight is 266 g/mol. The summed E-state index contributed by atoms with van der Waals surface area (Å²) in [7, 11) is 0. The summed E-state index contributed by atoms with van der Waals surface area (Å²) in [5.74, 6) is -0.144. The van der Waals surface area contributed by atoms with E-state index in [2.05, 4.69) is 19.9 Å². The second-order valence-electron chi connectivity index (χ2n) is 4.08. The highest BCUT2D eigenvalue weighted by molar-refractivity contribution is 6.11. The molecule has 0 aliphatic carbocycles. The van der Waals surface area contributed by atoms with Crippen LogP contribution in [0, 0.1) is 0 Å². The number of aromatic nitrogens is 4. The van der Waals surface area contributed by atoms with Crippen molar-refractivity contribution in [1.29, 1.82) is 0 Å². The van der Waals surface area contributed by atoms with Gasteiger partial charge in [-0.05, 0) is 0 Å². The van der Waals surface area contributed by atoms with E-state index in [1.54, 1.807) is 24.3 Å². The predicted octanol–water partition coefficient (Wildman–Crippen LogP) is 0.815. The van der Waals surface area contributed by atoms with E-state index < -0.39 is 0 Å². The number of rotatable bonds is 2. The molecule has 0 bridgehead atoms. The molecule has 0 saturated carbocycles. The van der Waals surface area contributed by atoms with Crippen LogP contribution in [-0.4, -0.2) is 25.7 Å². The molecule has 0 spiro atoms. The van der Waals surface area contributed by atoms with Gasteiger partial charge in [-0.25, -0.2) is 19.9 Å². The number of carbonyl (C=O) groups is 1. The largest absolute Gasteiger partial charge is 0.382 e. The average Bonchev–Trinajstić information content (AvgIpc) is 2.47. The molecule has 7 nitrogen and oxygen atoms in total. The molecule has 20 heavy (non-hydrogen) atoms. The minimum absolute atomic E-state index is 0.0180. The van der Waals surface area contributed by atoms with Gasteiger partial charge < -0.3 is 11.5 Å². The molecule has 2 heterocycles. The Morgan fingerprint density at radius 2 is 1.70 bits per heavy atom. The minimum atomic E-state index is -0.319. The van der Waals surface area contributed by atoms with Gasteiger partial charge in [-0.15, -0.1) is 0 Å². The van der Waals surface area contributed by atoms with Gasteiger partial charge in [0.2, 0.25) is 5.78 Å². The van der Waals surface area contributed by atoms with Crippen molar-refractivity contribution in [2.75, 3.05) is 11.5 Å². The molecule has 3 aromatic rings. The van der Waals surface area contributed by atoms with Crippen LogP contribution >= 0.6 is 0 Å². The lowest BCUT2D eigenvalue weighted by molar-refractivity contribution is 0.103. The first-order chi connectivity index (χ1) is 9.66. The number of nitrogen functional groups attached to an aromatic ring is 2. The van der Waals surface area contributed by atoms with Crippen molar-refractivity contribution in [2.24, 2.45) is 0 Å². The van der Waals surface area contributed by atoms with Crippen LogP contribution in [0.1, 0.15) is 16.1 Å². The second kappa shape index (κ2) is 4.54. The molecule has 0 unspecified atom stereocenters. The van der Waals surface area contributed by atoms with Gasteiger partial charge >= 0.3 is 0 Å². The number of fused-ring (bicyclic) bond motifs is 1. The lowest BCUT2D eigenvalue weighted by Crippen LogP contribution is -2.11. The number of nitrogens with zero attached hydrogens (tertiary/aromatic N) is 4. The Bertz CT molecular complexity index is 803. The number of ketones is 1. The van der Waals surface area contributed by atoms with E-state index in [1.807, 2.05) is 6.07 Å². The van der Waals surface area contributed by atoms with Crippen LogP contribution in [0.3, 0.4) is 0 Å². The monoisotopic (exact) mass is 266 g/mol. The zero-order chi connectivity index (χ0) is 14.1. The Morgan fingerprint density at radius 3 is 2.45 bits per heavy atom. The van der Waals surface area contributed by atoms with Crippen LogP contribution in [0.4, 0.5) is 11.6 Å². The number of hydrogen-bond acceptors (Lipinski definition) is 7. The van der Waals surface area contributed by atoms with Crippen molar-refractivity contribution in [1.82, 2.24) is 19.9 Å². The maximum Gasteiger partial charge on any atom is 0.215 e. The molecule has 7 heteroatoms. The summed E-state index contributed by atoms with van der Waals surface area (Å²) in [5, 5.41) is 0. The van der Waals surface area contributed by atoms with Crippen molar-refractivity contribution in [3.05, 3.63) is 47.9 Å². The quantitative estimate of drug-likeness (QED) is 0.658. The lowest BCUT2D eigenvalue weighted by Gasteiger charge is -2.05. The van der Waals surface area contributed by atoms with E-state index in [0.29, 0.717) is 5.56 Å². The van der Waals surface area contributed by atoms with E-state index in [1.165, 1.54) is 6.33 Å². The SMILES string of the molecule is Nc1nc2ncnc(N)c2nc1C(=O)c1ccccc1. The first-order valence-electron chi connectivity index (χ1n) is 5.80. The maximum atomic E-state index is 12.4. The van der Waals surface area contributed by atoms with Gasteiger partial charge in [0.1, 0.15) is 6.33 Å². The van der Waals surface area contributed by atoms with E-state index in [0.717, 1.165) is 0 Å². The van der Waals surface area contributed by atoms with Gasteiger partial charge in [0, 0.05) is 5.56 Å². The van der Waals surface area contributed by atoms with Gasteiger partial charge in [-0.2, -0.15) is 0 Å². The van der Waals surface area contributed by atoms with Gasteiger partial charge in [-0.1, -0.05) is 30.3 Å². The highest BCUT2D eigenvalue weighted by Gasteiger charge is 2.17. The van der Waals surface area contributed by atoms with Crippen LogP contribution in [0.15, 0.2) is 36.7 Å². The fourth-order valence-corrected chi connectivity index (χ4v) is 1.80. The lowest BCUT2D eigenvalue weighted by atomic mass is 10.1. The molecule has 0 radical (unpaired) electrons. The number of hydrogen-bond donors (Lipinski definition) is 2. The summed E-state index contributed by atoms with van der Waals surface area (Å²) in [6.45, 7) is 0. The number of anilines is 2. The van der Waals surface area contributed by atoms with Crippen LogP contribution in [0.25, 0.3) is 11.2 Å². The van der Waals surface area contributed by atoms with Crippen molar-refractivity contribution < 1.29 is 4.79 Å². The van der Waals surface area contributed by atoms with Gasteiger partial charge in [0.25, 0.3) is 0 Å². The Hall–Kier alpha value is -3.09. The smallest absolute Gasteiger partial charge is 0.215 e. The zero-order valence-corrected chi connectivity index (χ0v) is 10.3. The van der Waals surface area contributed by atoms with Crippen LogP contribution in [0.2, 0.25) is 0 Å². The van der Waals surface area contributed by atoms with E-state index in [9.17, 15) is 4.79 Å². The van der Waals surface area contributed by atoms with Crippen molar-refractivity contribution in [3.8, 4) is 0 Å². The standard InChI is InChI=1S/C13H10N6O/c14-11-9-13(17-6-16-11)19-12(15)8(18-9)10(20)7-4-2-1-3-5-7/h1-6H,(H4,14,15,16,17,19). The molecular formula is C13H10N6O. The Kier molecular flexibility index (Phi) is 2.72. The fraction of sp³-hybridized carbons (Fsp3) is 0. The van der Waals surface area contributed by atoms with Crippen molar-refractivity contribution in [2.45, 2.75) is 0 Å². The maximum absolute atomic E-state index is 12.4. The summed E-state index contributed by atoms with van der Waals surface area (Å²) in [4.78, 5) is 28.3. The molecule has 0 saturated heterocycles. The van der Waals surface area contributed by atoms with Crippen molar-refractivity contribution >= 4 is 28.6 Å². The third-order valence-electron chi connectivity index (χ3n) is 2.77. The van der Waals surface area contributed by atoms with E-state index in [-0.39, 0.29) is 34.3 Å². The first-order valence-corrected chi connectivity index (χ1v) is 5.80. The molecule has 0 aliphatic heterocycles. The third kappa shape index (κ3) is 1.91. The minimum Gasteiger partial charge on any atom is -0.382 e. The summed E-state index contributed by atoms with van der Waals surface area (Å²) < 4.78 is 0. The first kappa shape index (κ1) is 12.0. The normalized spacial score (nSPS) is 10.6. The highest BCUT2D eigenvalue weighted by Crippen LogP contribution is 2.18. The molecular weight excluding hydrogens is 256 g/mol. The molecule has 3 rings (SSSR count). The molecule has 0 aliphatic rings. The van der Waals surface area contributed by atoms with Gasteiger partial charge in [0.05, 0.1) is 0 Å². The van der Waals surface area contributed by atoms with Crippen LogP contribution < -0.4 is 11.5 Å². The Labute approximate surface area is 113 Å². The Balaban J connectivity index is 2.19. The summed E-state index contributed by atoms with van der Waals surface area (Å²) in [6, 6.07) is 8.69. The molecule has 0 fully saturated rings. The predicted molar refractivity (Wildman–Crippen MR) is 73.8 cm³/mol. The molecule has 0 atom stereocenters. The summed E-state index contributed by atoms with van der Waals surface area (Å²) in [6.07, 6.45) is 1.27. The molecule has 1 aromatic carbocycles. The number of nitrogens with two attached hydrogens (primary N) is 2. The molecule has 0 amide bonds. The summed E-state index contributed by atoms with van der Waals surface area (Å²) >= 11 is 0. The van der Waals surface area contributed by atoms with Gasteiger partial charge in [0.15, 0.2) is 28.5 Å². The van der Waals surface area contributed by atoms with Crippen LogP contribution in [-0.2, 0) is 0 Å². The van der Waals surface area contributed by atoms with E-state index in [4.69, 9.17) is 11.5 Å². The topological polar surface area (TPSA) is 121 Å². The number of carbonyl (C=O) groups excluding carboxylic acids is 1. The van der Waals surface area contributed by atoms with E-state index >= 15 is 0 Å². The zero-order valence-electron chi connectivity index (χ0n) is 10.3. The molecule has 2 aromatic heterocycles. The van der Waals surface area contributed by atoms with Gasteiger partial charge in [-0.3, -0.25) is 4.79 Å². The fourth-order valence-electron chi connectivity index (χ4n) is 1.80. The molecule has 4 N–H and O–H groups in total. The second-order valence-corrected chi connectivity index (χ2v) is 4.08. The Morgan fingerprint density at radius 1 is 0.950 bits per heavy atom. The summed E-state index contributed by atoms with van der Waals surface area (Å²) in [5.41, 5.74) is 12.5. The number of benzene rings is 1. The third-order valence-corrected chi connectivity index (χ3v) is 2.77. The molecule has 98 valence electrons. The van der Waals surface area contributed by atoms with Crippen LogP contribution in [0.5, 0.6) is 0 Å².